The third kappa shape index (κ3) is 14.2. The van der Waals surface area contributed by atoms with Crippen molar-refractivity contribution in [2.24, 2.45) is 0 Å². The fourth-order valence-electron chi connectivity index (χ4n) is 3.99. The molecule has 23 heteroatoms. The number of amides is 1. The molecule has 56 heavy (non-hydrogen) atoms. The topological polar surface area (TPSA) is 181 Å². The van der Waals surface area contributed by atoms with Crippen LogP contribution in [-0.4, -0.2) is 41.1 Å². The summed E-state index contributed by atoms with van der Waals surface area (Å²) < 4.78 is 114. The number of nitrogens with one attached hydrogen (secondary N) is 3. The fraction of sp³-hybridized carbons (Fsp3) is 0.0606. The molecule has 0 aliphatic rings. The van der Waals surface area contributed by atoms with Crippen molar-refractivity contribution in [3.8, 4) is 0 Å². The minimum Gasteiger partial charge on any atom is -0.348 e. The molecule has 12 nitrogen and oxygen atoms in total. The van der Waals surface area contributed by atoms with E-state index >= 15 is 0 Å². The highest BCUT2D eigenvalue weighted by Gasteiger charge is 2.30. The van der Waals surface area contributed by atoms with E-state index in [0.717, 1.165) is 30.6 Å². The summed E-state index contributed by atoms with van der Waals surface area (Å²) in [6.07, 6.45) is -1.40. The zero-order valence-electron chi connectivity index (χ0n) is 27.8. The molecular weight excluding hydrogens is 1080 g/mol. The van der Waals surface area contributed by atoms with Crippen LogP contribution in [-0.2, 0) is 41.8 Å². The molecule has 0 unspecified atom stereocenters. The molecule has 0 saturated carbocycles. The van der Waals surface area contributed by atoms with Gasteiger partial charge < -0.3 is 5.32 Å². The quantitative estimate of drug-likeness (QED) is 0.0894. The number of carbonyl (C=O) groups is 1. The molecule has 296 valence electrons. The summed E-state index contributed by atoms with van der Waals surface area (Å²) in [6, 6.07) is 22.7. The van der Waals surface area contributed by atoms with Crippen molar-refractivity contribution in [2.75, 3.05) is 9.44 Å². The van der Waals surface area contributed by atoms with Crippen LogP contribution in [0.2, 0.25) is 0 Å². The first-order valence-corrected chi connectivity index (χ1v) is 24.3. The van der Waals surface area contributed by atoms with Crippen LogP contribution in [0.3, 0.4) is 0 Å². The summed E-state index contributed by atoms with van der Waals surface area (Å²) in [5.41, 5.74) is -0.0564. The molecule has 6 aromatic rings. The number of anilines is 2. The molecule has 0 saturated heterocycles. The van der Waals surface area contributed by atoms with Crippen molar-refractivity contribution in [1.82, 2.24) is 15.3 Å². The highest BCUT2D eigenvalue weighted by Crippen LogP contribution is 2.29. The number of nitrogens with zero attached hydrogens (tertiary/aromatic N) is 2. The molecule has 0 radical (unpaired) electrons. The van der Waals surface area contributed by atoms with E-state index in [1.165, 1.54) is 66.1 Å². The maximum Gasteiger partial charge on any atom is 0.416 e. The van der Waals surface area contributed by atoms with Crippen molar-refractivity contribution in [1.29, 1.82) is 0 Å². The predicted octanol–water partition coefficient (Wildman–Crippen LogP) is 8.66. The van der Waals surface area contributed by atoms with Crippen LogP contribution in [0.1, 0.15) is 21.5 Å². The summed E-state index contributed by atoms with van der Waals surface area (Å²) >= 11 is 6.58. The second-order valence-corrected chi connectivity index (χ2v) is 20.8. The van der Waals surface area contributed by atoms with Gasteiger partial charge in [0.15, 0.2) is 10.3 Å². The molecule has 4 aromatic carbocycles. The highest BCUT2D eigenvalue weighted by atomic mass is 127. The van der Waals surface area contributed by atoms with Gasteiger partial charge in [-0.25, -0.2) is 35.2 Å². The number of halogens is 6. The number of rotatable bonds is 10. The largest absolute Gasteiger partial charge is 0.416 e. The lowest BCUT2D eigenvalue weighted by molar-refractivity contribution is -0.137. The van der Waals surface area contributed by atoms with Crippen LogP contribution in [0.5, 0.6) is 0 Å². The molecule has 2 heterocycles. The number of hydrogen-bond acceptors (Lipinski definition) is 11. The van der Waals surface area contributed by atoms with Crippen molar-refractivity contribution in [3.05, 3.63) is 144 Å². The van der Waals surface area contributed by atoms with Gasteiger partial charge in [0.05, 0.1) is 20.2 Å². The molecule has 6 rings (SSSR count). The standard InChI is InChI=1S/C18H14F3N3O3S2.C9H7IN2O2S2.C6H4ClIO2S/c19-18(20,21)14-5-1-12(2-6-14)11-23-16(25)13-3-7-15(8-4-13)29(26,27)24-17-22-9-10-28-17;10-7-1-3-8(4-2-7)16(13,14)12-9-11-5-6-15-9;7-11(9,10)6-3-1-5(8)2-4-6/h1-10H,11H2,(H,22,24)(H,23,25);1-6H,(H,11,12);1-4H. The minimum absolute atomic E-state index is 0.0304. The van der Waals surface area contributed by atoms with E-state index in [1.807, 2.05) is 0 Å². The Bertz CT molecular complexity index is 2530. The number of hydrogen-bond donors (Lipinski definition) is 3. The van der Waals surface area contributed by atoms with E-state index in [4.69, 9.17) is 10.7 Å². The SMILES string of the molecule is O=C(NCc1ccc(C(F)(F)F)cc1)c1ccc(S(=O)(=O)Nc2nccs2)cc1.O=S(=O)(Cl)c1ccc(I)cc1.O=S(=O)(Nc1nccs1)c1ccc(I)cc1. The fourth-order valence-corrected chi connectivity index (χ4v) is 9.05. The van der Waals surface area contributed by atoms with Gasteiger partial charge in [-0.15, -0.1) is 22.7 Å². The summed E-state index contributed by atoms with van der Waals surface area (Å²) in [5, 5.41) is 6.51. The van der Waals surface area contributed by atoms with Gasteiger partial charge in [0.1, 0.15) is 0 Å². The van der Waals surface area contributed by atoms with E-state index in [-0.39, 0.29) is 31.9 Å². The highest BCUT2D eigenvalue weighted by molar-refractivity contribution is 14.1. The summed E-state index contributed by atoms with van der Waals surface area (Å²) in [4.78, 5) is 20.3. The van der Waals surface area contributed by atoms with Crippen LogP contribution in [0.4, 0.5) is 23.4 Å². The Morgan fingerprint density at radius 1 is 0.643 bits per heavy atom. The summed E-state index contributed by atoms with van der Waals surface area (Å²) in [7, 11) is -5.80. The molecular formula is C33H25ClF3I2N5O7S5. The number of sulfonamides is 2. The first-order valence-electron chi connectivity index (χ1n) is 15.1. The third-order valence-electron chi connectivity index (χ3n) is 6.69. The Morgan fingerprint density at radius 3 is 1.43 bits per heavy atom. The maximum absolute atomic E-state index is 12.6. The van der Waals surface area contributed by atoms with Crippen molar-refractivity contribution in [3.63, 3.8) is 0 Å². The van der Waals surface area contributed by atoms with Crippen molar-refractivity contribution in [2.45, 2.75) is 27.4 Å². The van der Waals surface area contributed by atoms with Crippen LogP contribution >= 0.6 is 78.5 Å². The molecule has 0 atom stereocenters. The lowest BCUT2D eigenvalue weighted by atomic mass is 10.1. The third-order valence-corrected chi connectivity index (χ3v) is 13.8. The average Bonchev–Trinajstić information content (AvgIpc) is 3.85. The molecule has 2 aromatic heterocycles. The number of thiazole rings is 2. The van der Waals surface area contributed by atoms with Crippen molar-refractivity contribution < 1.29 is 43.2 Å². The van der Waals surface area contributed by atoms with Crippen LogP contribution < -0.4 is 14.8 Å². The molecule has 3 N–H and O–H groups in total. The summed E-state index contributed by atoms with van der Waals surface area (Å²) in [5.74, 6) is -0.485. The molecule has 0 fully saturated rings. The molecule has 0 aliphatic heterocycles. The minimum atomic E-state index is -4.42. The van der Waals surface area contributed by atoms with Gasteiger partial charge in [0.2, 0.25) is 0 Å². The second-order valence-electron chi connectivity index (χ2n) is 10.6. The Kier molecular flexibility index (Phi) is 16.1. The van der Waals surface area contributed by atoms with Crippen LogP contribution in [0.15, 0.2) is 135 Å². The molecule has 1 amide bonds. The van der Waals surface area contributed by atoms with Gasteiger partial charge in [-0.1, -0.05) is 12.1 Å². The van der Waals surface area contributed by atoms with E-state index in [2.05, 4.69) is 69.9 Å². The normalized spacial score (nSPS) is 11.6. The van der Waals surface area contributed by atoms with Crippen LogP contribution in [0.25, 0.3) is 0 Å². The van der Waals surface area contributed by atoms with E-state index in [0.29, 0.717) is 10.7 Å². The number of alkyl halides is 3. The first-order chi connectivity index (χ1) is 26.2. The van der Waals surface area contributed by atoms with E-state index < -0.39 is 46.7 Å². The molecule has 0 aliphatic carbocycles. The summed E-state index contributed by atoms with van der Waals surface area (Å²) in [6.45, 7) is 0.0304. The van der Waals surface area contributed by atoms with Gasteiger partial charge in [0.25, 0.3) is 35.0 Å². The van der Waals surface area contributed by atoms with Crippen molar-refractivity contribution >= 4 is 124 Å². The van der Waals surface area contributed by atoms with Gasteiger partial charge in [-0.05, 0) is 136 Å². The average molecular weight is 1110 g/mol. The van der Waals surface area contributed by atoms with E-state index in [1.54, 1.807) is 53.4 Å². The monoisotopic (exact) mass is 1110 g/mol. The Labute approximate surface area is 359 Å². The Morgan fingerprint density at radius 2 is 1.05 bits per heavy atom. The number of benzene rings is 4. The maximum atomic E-state index is 12.6. The van der Waals surface area contributed by atoms with Gasteiger partial charge in [-0.3, -0.25) is 14.2 Å². The van der Waals surface area contributed by atoms with E-state index in [9.17, 15) is 43.2 Å². The predicted molar refractivity (Wildman–Crippen MR) is 226 cm³/mol. The first kappa shape index (κ1) is 45.3. The molecule has 0 spiro atoms. The van der Waals surface area contributed by atoms with Crippen LogP contribution in [0, 0.1) is 7.14 Å². The lowest BCUT2D eigenvalue weighted by Crippen LogP contribution is -2.23. The van der Waals surface area contributed by atoms with Gasteiger partial charge in [0, 0.05) is 53.1 Å². The number of aromatic nitrogens is 2. The molecule has 0 bridgehead atoms. The lowest BCUT2D eigenvalue weighted by Gasteiger charge is -2.09. The zero-order chi connectivity index (χ0) is 41.1. The van der Waals surface area contributed by atoms with Gasteiger partial charge in [-0.2, -0.15) is 13.2 Å². The Balaban J connectivity index is 0.000000214. The van der Waals surface area contributed by atoms with Gasteiger partial charge >= 0.3 is 6.18 Å². The smallest absolute Gasteiger partial charge is 0.348 e. The Hall–Kier alpha value is -3.40. The number of carbonyl (C=O) groups excluding carboxylic acids is 1. The zero-order valence-corrected chi connectivity index (χ0v) is 37.0. The second kappa shape index (κ2) is 19.8.